The number of aliphatic hydroxyl groups is 1. The molecule has 0 amide bonds. The first-order valence-corrected chi connectivity index (χ1v) is 7.71. The summed E-state index contributed by atoms with van der Waals surface area (Å²) >= 11 is 0. The second-order valence-electron chi connectivity index (χ2n) is 5.88. The summed E-state index contributed by atoms with van der Waals surface area (Å²) in [5, 5.41) is 12.9. The van der Waals surface area contributed by atoms with Gasteiger partial charge in [0.2, 0.25) is 0 Å². The number of hydrogen-bond donors (Lipinski definition) is 2. The van der Waals surface area contributed by atoms with Crippen LogP contribution in [0.15, 0.2) is 0 Å². The molecule has 0 aromatic rings. The van der Waals surface area contributed by atoms with Crippen LogP contribution in [0.2, 0.25) is 0 Å². The molecule has 5 heteroatoms. The molecule has 2 N–H and O–H groups in total. The van der Waals surface area contributed by atoms with E-state index in [4.69, 9.17) is 9.47 Å². The van der Waals surface area contributed by atoms with Gasteiger partial charge in [0.1, 0.15) is 0 Å². The third-order valence-electron chi connectivity index (χ3n) is 2.87. The van der Waals surface area contributed by atoms with E-state index in [0.717, 1.165) is 38.6 Å². The fraction of sp³-hybridized carbons (Fsp3) is 1.00. The van der Waals surface area contributed by atoms with E-state index in [9.17, 15) is 5.11 Å². The molecule has 0 aliphatic rings. The lowest BCUT2D eigenvalue weighted by Gasteiger charge is -2.13. The summed E-state index contributed by atoms with van der Waals surface area (Å²) in [4.78, 5) is 2.09. The van der Waals surface area contributed by atoms with Gasteiger partial charge in [-0.3, -0.25) is 0 Å². The van der Waals surface area contributed by atoms with E-state index in [1.54, 1.807) is 0 Å². The Kier molecular flexibility index (Phi) is 13.6. The molecule has 0 bridgehead atoms. The largest absolute Gasteiger partial charge is 0.389 e. The summed E-state index contributed by atoms with van der Waals surface area (Å²) in [6.45, 7) is 9.24. The van der Waals surface area contributed by atoms with Gasteiger partial charge in [0.05, 0.1) is 25.9 Å². The van der Waals surface area contributed by atoms with Gasteiger partial charge in [-0.15, -0.1) is 0 Å². The van der Waals surface area contributed by atoms with E-state index in [-0.39, 0.29) is 0 Å². The highest BCUT2D eigenvalue weighted by molar-refractivity contribution is 4.58. The summed E-state index contributed by atoms with van der Waals surface area (Å²) in [5.74, 6) is 0.720. The van der Waals surface area contributed by atoms with Crippen molar-refractivity contribution in [1.82, 2.24) is 10.2 Å². The Morgan fingerprint density at radius 1 is 1.10 bits per heavy atom. The Hall–Kier alpha value is -0.200. The third-order valence-corrected chi connectivity index (χ3v) is 2.87. The highest BCUT2D eigenvalue weighted by Gasteiger charge is 2.03. The van der Waals surface area contributed by atoms with Crippen molar-refractivity contribution in [1.29, 1.82) is 0 Å². The first-order chi connectivity index (χ1) is 9.52. The first kappa shape index (κ1) is 19.8. The standard InChI is InChI=1S/C15H34N2O3/c1-14(2)6-5-9-20-13-15(18)12-16-7-10-19-11-8-17(3)4/h14-16,18H,5-13H2,1-4H3. The number of rotatable bonds is 14. The first-order valence-electron chi connectivity index (χ1n) is 7.71. The van der Waals surface area contributed by atoms with Crippen LogP contribution in [0.25, 0.3) is 0 Å². The minimum Gasteiger partial charge on any atom is -0.389 e. The molecule has 20 heavy (non-hydrogen) atoms. The van der Waals surface area contributed by atoms with Crippen LogP contribution in [0.1, 0.15) is 26.7 Å². The minimum absolute atomic E-state index is 0.409. The number of aliphatic hydroxyl groups excluding tert-OH is 1. The van der Waals surface area contributed by atoms with Crippen molar-refractivity contribution in [3.05, 3.63) is 0 Å². The maximum atomic E-state index is 9.70. The van der Waals surface area contributed by atoms with Crippen LogP contribution in [0, 0.1) is 5.92 Å². The SMILES string of the molecule is CC(C)CCCOCC(O)CNCCOCCN(C)C. The fourth-order valence-corrected chi connectivity index (χ4v) is 1.63. The van der Waals surface area contributed by atoms with Crippen LogP contribution in [0.5, 0.6) is 0 Å². The molecular weight excluding hydrogens is 256 g/mol. The highest BCUT2D eigenvalue weighted by atomic mass is 16.5. The van der Waals surface area contributed by atoms with Crippen molar-refractivity contribution in [2.45, 2.75) is 32.8 Å². The van der Waals surface area contributed by atoms with E-state index >= 15 is 0 Å². The molecule has 0 heterocycles. The predicted octanol–water partition coefficient (Wildman–Crippen LogP) is 0.968. The number of ether oxygens (including phenoxy) is 2. The van der Waals surface area contributed by atoms with Crippen LogP contribution in [-0.2, 0) is 9.47 Å². The van der Waals surface area contributed by atoms with Crippen molar-refractivity contribution < 1.29 is 14.6 Å². The molecule has 0 radical (unpaired) electrons. The number of nitrogens with zero attached hydrogens (tertiary/aromatic N) is 1. The molecule has 1 unspecified atom stereocenters. The molecule has 0 aromatic heterocycles. The molecule has 0 aliphatic heterocycles. The van der Waals surface area contributed by atoms with Gasteiger partial charge in [-0.1, -0.05) is 13.8 Å². The molecule has 0 spiro atoms. The smallest absolute Gasteiger partial charge is 0.0897 e. The summed E-state index contributed by atoms with van der Waals surface area (Å²) in [5.41, 5.74) is 0. The summed E-state index contributed by atoms with van der Waals surface area (Å²) < 4.78 is 10.9. The molecular formula is C15H34N2O3. The third kappa shape index (κ3) is 15.9. The maximum absolute atomic E-state index is 9.70. The van der Waals surface area contributed by atoms with Crippen LogP contribution >= 0.6 is 0 Å². The van der Waals surface area contributed by atoms with Crippen molar-refractivity contribution in [3.63, 3.8) is 0 Å². The van der Waals surface area contributed by atoms with E-state index in [1.165, 1.54) is 6.42 Å². The van der Waals surface area contributed by atoms with Gasteiger partial charge < -0.3 is 24.8 Å². The monoisotopic (exact) mass is 290 g/mol. The maximum Gasteiger partial charge on any atom is 0.0897 e. The lowest BCUT2D eigenvalue weighted by Crippen LogP contribution is -2.33. The Labute approximate surface area is 124 Å². The van der Waals surface area contributed by atoms with Crippen molar-refractivity contribution in [2.24, 2.45) is 5.92 Å². The Morgan fingerprint density at radius 2 is 1.85 bits per heavy atom. The quantitative estimate of drug-likeness (QED) is 0.467. The zero-order chi connectivity index (χ0) is 15.2. The van der Waals surface area contributed by atoms with Crippen LogP contribution < -0.4 is 5.32 Å². The summed E-state index contributed by atoms with van der Waals surface area (Å²) in [6, 6.07) is 0. The zero-order valence-electron chi connectivity index (χ0n) is 13.7. The fourth-order valence-electron chi connectivity index (χ4n) is 1.63. The highest BCUT2D eigenvalue weighted by Crippen LogP contribution is 2.03. The number of hydrogen-bond acceptors (Lipinski definition) is 5. The van der Waals surface area contributed by atoms with Gasteiger partial charge in [0, 0.05) is 26.2 Å². The molecule has 0 fully saturated rings. The lowest BCUT2D eigenvalue weighted by atomic mass is 10.1. The van der Waals surface area contributed by atoms with Crippen molar-refractivity contribution in [3.8, 4) is 0 Å². The lowest BCUT2D eigenvalue weighted by molar-refractivity contribution is 0.0334. The number of likely N-dealkylation sites (N-methyl/N-ethyl adjacent to an activating group) is 1. The van der Waals surface area contributed by atoms with E-state index in [0.29, 0.717) is 19.8 Å². The molecule has 5 nitrogen and oxygen atoms in total. The van der Waals surface area contributed by atoms with E-state index < -0.39 is 6.10 Å². The molecule has 0 saturated carbocycles. The topological polar surface area (TPSA) is 54.0 Å². The van der Waals surface area contributed by atoms with E-state index in [1.807, 2.05) is 14.1 Å². The van der Waals surface area contributed by atoms with Crippen molar-refractivity contribution >= 4 is 0 Å². The second-order valence-corrected chi connectivity index (χ2v) is 5.88. The molecule has 0 saturated heterocycles. The Balaban J connectivity index is 3.18. The van der Waals surface area contributed by atoms with Crippen LogP contribution in [-0.4, -0.2) is 76.3 Å². The molecule has 0 rings (SSSR count). The second kappa shape index (κ2) is 13.8. The predicted molar refractivity (Wildman–Crippen MR) is 83.1 cm³/mol. The number of nitrogens with one attached hydrogen (secondary N) is 1. The Bertz CT molecular complexity index is 202. The van der Waals surface area contributed by atoms with Gasteiger partial charge in [-0.05, 0) is 32.9 Å². The average molecular weight is 290 g/mol. The van der Waals surface area contributed by atoms with E-state index in [2.05, 4.69) is 24.1 Å². The zero-order valence-corrected chi connectivity index (χ0v) is 13.7. The molecule has 1 atom stereocenters. The average Bonchev–Trinajstić information content (AvgIpc) is 2.36. The van der Waals surface area contributed by atoms with Crippen LogP contribution in [0.4, 0.5) is 0 Å². The van der Waals surface area contributed by atoms with Gasteiger partial charge >= 0.3 is 0 Å². The summed E-state index contributed by atoms with van der Waals surface area (Å²) in [7, 11) is 4.05. The minimum atomic E-state index is -0.434. The molecule has 0 aliphatic carbocycles. The summed E-state index contributed by atoms with van der Waals surface area (Å²) in [6.07, 6.45) is 1.81. The van der Waals surface area contributed by atoms with Crippen molar-refractivity contribution in [2.75, 3.05) is 60.2 Å². The van der Waals surface area contributed by atoms with Gasteiger partial charge in [0.15, 0.2) is 0 Å². The van der Waals surface area contributed by atoms with Gasteiger partial charge in [-0.25, -0.2) is 0 Å². The van der Waals surface area contributed by atoms with Crippen LogP contribution in [0.3, 0.4) is 0 Å². The molecule has 122 valence electrons. The van der Waals surface area contributed by atoms with Gasteiger partial charge in [-0.2, -0.15) is 0 Å². The normalized spacial score (nSPS) is 13.3. The van der Waals surface area contributed by atoms with Gasteiger partial charge in [0.25, 0.3) is 0 Å². The molecule has 0 aromatic carbocycles. The Morgan fingerprint density at radius 3 is 2.50 bits per heavy atom.